The molecule has 1 heteroatoms. The summed E-state index contributed by atoms with van der Waals surface area (Å²) in [5, 5.41) is 0. The minimum atomic E-state index is 0.421. The van der Waals surface area contributed by atoms with Crippen molar-refractivity contribution in [1.82, 2.24) is 0 Å². The van der Waals surface area contributed by atoms with Crippen molar-refractivity contribution in [2.75, 3.05) is 0 Å². The van der Waals surface area contributed by atoms with Gasteiger partial charge in [-0.2, -0.15) is 0 Å². The van der Waals surface area contributed by atoms with Crippen LogP contribution in [-0.2, 0) is 0 Å². The van der Waals surface area contributed by atoms with Crippen LogP contribution in [0.25, 0.3) is 0 Å². The predicted molar refractivity (Wildman–Crippen MR) is 48.0 cm³/mol. The van der Waals surface area contributed by atoms with Gasteiger partial charge in [-0.1, -0.05) is 12.8 Å². The van der Waals surface area contributed by atoms with E-state index in [1.54, 1.807) is 0 Å². The monoisotopic (exact) mass is 151 g/mol. The van der Waals surface area contributed by atoms with Crippen LogP contribution in [0.3, 0.4) is 0 Å². The zero-order valence-electron chi connectivity index (χ0n) is 7.27. The third-order valence-corrected chi connectivity index (χ3v) is 2.51. The van der Waals surface area contributed by atoms with E-state index >= 15 is 0 Å². The van der Waals surface area contributed by atoms with Gasteiger partial charge in [-0.25, -0.2) is 0 Å². The van der Waals surface area contributed by atoms with Gasteiger partial charge in [0.25, 0.3) is 0 Å². The summed E-state index contributed by atoms with van der Waals surface area (Å²) in [6, 6.07) is 0.421. The maximum atomic E-state index is 5.95. The minimum absolute atomic E-state index is 0.421. The first-order chi connectivity index (χ1) is 5.34. The molecule has 0 saturated heterocycles. The molecular formula is C10H17N. The van der Waals surface area contributed by atoms with Gasteiger partial charge in [0.1, 0.15) is 0 Å². The summed E-state index contributed by atoms with van der Waals surface area (Å²) in [6.45, 7) is 1.90. The fourth-order valence-corrected chi connectivity index (χ4v) is 1.72. The zero-order chi connectivity index (χ0) is 8.10. The Labute approximate surface area is 69.4 Å². The van der Waals surface area contributed by atoms with Gasteiger partial charge in [0.2, 0.25) is 0 Å². The standard InChI is InChI=1S/C10H17N/c1-2-3-6-9-7-4-5-8-10(9)11/h9-10H,4-8,11H2,1H3. The molecule has 1 rings (SSSR count). The summed E-state index contributed by atoms with van der Waals surface area (Å²) in [6.07, 6.45) is 6.17. The lowest BCUT2D eigenvalue weighted by atomic mass is 9.83. The van der Waals surface area contributed by atoms with Gasteiger partial charge >= 0.3 is 0 Å². The average Bonchev–Trinajstić information content (AvgIpc) is 2.03. The normalized spacial score (nSPS) is 30.7. The van der Waals surface area contributed by atoms with Gasteiger partial charge in [-0.3, -0.25) is 0 Å². The molecule has 1 saturated carbocycles. The van der Waals surface area contributed by atoms with E-state index in [2.05, 4.69) is 11.8 Å². The Balaban J connectivity index is 2.33. The van der Waals surface area contributed by atoms with E-state index in [0.29, 0.717) is 12.0 Å². The predicted octanol–water partition coefficient (Wildman–Crippen LogP) is 1.92. The van der Waals surface area contributed by atoms with Crippen LogP contribution in [0.2, 0.25) is 0 Å². The first-order valence-electron chi connectivity index (χ1n) is 4.49. The molecule has 0 aromatic carbocycles. The smallest absolute Gasteiger partial charge is 0.0132 e. The molecule has 1 aliphatic rings. The molecular weight excluding hydrogens is 134 g/mol. The van der Waals surface area contributed by atoms with E-state index < -0.39 is 0 Å². The lowest BCUT2D eigenvalue weighted by molar-refractivity contribution is 0.313. The van der Waals surface area contributed by atoms with E-state index in [1.807, 2.05) is 6.92 Å². The summed E-state index contributed by atoms with van der Waals surface area (Å²) in [5.41, 5.74) is 5.95. The Kier molecular flexibility index (Phi) is 3.45. The second-order valence-corrected chi connectivity index (χ2v) is 3.34. The highest BCUT2D eigenvalue weighted by Crippen LogP contribution is 2.24. The van der Waals surface area contributed by atoms with Crippen LogP contribution < -0.4 is 5.73 Å². The van der Waals surface area contributed by atoms with Crippen molar-refractivity contribution in [3.05, 3.63) is 0 Å². The molecule has 0 heterocycles. The van der Waals surface area contributed by atoms with Crippen LogP contribution in [0.5, 0.6) is 0 Å². The van der Waals surface area contributed by atoms with Crippen LogP contribution in [0.1, 0.15) is 39.0 Å². The Hall–Kier alpha value is -0.480. The Morgan fingerprint density at radius 1 is 1.36 bits per heavy atom. The topological polar surface area (TPSA) is 26.0 Å². The van der Waals surface area contributed by atoms with Gasteiger partial charge in [0, 0.05) is 12.5 Å². The van der Waals surface area contributed by atoms with Gasteiger partial charge in [-0.15, -0.1) is 11.8 Å². The maximum Gasteiger partial charge on any atom is 0.0132 e. The molecule has 1 nitrogen and oxygen atoms in total. The number of rotatable bonds is 1. The number of hydrogen-bond acceptors (Lipinski definition) is 1. The van der Waals surface area contributed by atoms with Crippen molar-refractivity contribution in [3.8, 4) is 11.8 Å². The second kappa shape index (κ2) is 4.41. The average molecular weight is 151 g/mol. The van der Waals surface area contributed by atoms with E-state index in [4.69, 9.17) is 5.73 Å². The Morgan fingerprint density at radius 2 is 2.09 bits per heavy atom. The van der Waals surface area contributed by atoms with E-state index in [1.165, 1.54) is 25.7 Å². The van der Waals surface area contributed by atoms with Crippen molar-refractivity contribution in [3.63, 3.8) is 0 Å². The molecule has 0 aliphatic heterocycles. The molecule has 0 radical (unpaired) electrons. The Morgan fingerprint density at radius 3 is 2.73 bits per heavy atom. The zero-order valence-corrected chi connectivity index (χ0v) is 7.27. The van der Waals surface area contributed by atoms with Crippen molar-refractivity contribution in [2.24, 2.45) is 11.7 Å². The van der Waals surface area contributed by atoms with Crippen molar-refractivity contribution in [1.29, 1.82) is 0 Å². The maximum absolute atomic E-state index is 5.95. The van der Waals surface area contributed by atoms with Crippen molar-refractivity contribution in [2.45, 2.75) is 45.1 Å². The summed E-state index contributed by atoms with van der Waals surface area (Å²) in [4.78, 5) is 0. The second-order valence-electron chi connectivity index (χ2n) is 3.34. The van der Waals surface area contributed by atoms with E-state index in [0.717, 1.165) is 6.42 Å². The number of hydrogen-bond donors (Lipinski definition) is 1. The highest BCUT2D eigenvalue weighted by molar-refractivity contribution is 4.98. The third-order valence-electron chi connectivity index (χ3n) is 2.51. The van der Waals surface area contributed by atoms with Gasteiger partial charge < -0.3 is 5.73 Å². The highest BCUT2D eigenvalue weighted by atomic mass is 14.7. The van der Waals surface area contributed by atoms with Crippen molar-refractivity contribution >= 4 is 0 Å². The summed E-state index contributed by atoms with van der Waals surface area (Å²) >= 11 is 0. The quantitative estimate of drug-likeness (QED) is 0.569. The largest absolute Gasteiger partial charge is 0.327 e. The first kappa shape index (κ1) is 8.62. The molecule has 11 heavy (non-hydrogen) atoms. The lowest BCUT2D eigenvalue weighted by Gasteiger charge is -2.26. The SMILES string of the molecule is CC#CCC1CCCCC1N. The minimum Gasteiger partial charge on any atom is -0.327 e. The molecule has 1 aliphatic carbocycles. The van der Waals surface area contributed by atoms with Gasteiger partial charge in [0.05, 0.1) is 0 Å². The molecule has 0 amide bonds. The van der Waals surface area contributed by atoms with Crippen LogP contribution >= 0.6 is 0 Å². The molecule has 2 atom stereocenters. The van der Waals surface area contributed by atoms with Crippen LogP contribution in [0, 0.1) is 17.8 Å². The number of nitrogens with two attached hydrogens (primary N) is 1. The fourth-order valence-electron chi connectivity index (χ4n) is 1.72. The Bertz CT molecular complexity index is 163. The van der Waals surface area contributed by atoms with Crippen LogP contribution in [0.4, 0.5) is 0 Å². The summed E-state index contributed by atoms with van der Waals surface area (Å²) in [7, 11) is 0. The van der Waals surface area contributed by atoms with E-state index in [-0.39, 0.29) is 0 Å². The molecule has 0 bridgehead atoms. The summed E-state index contributed by atoms with van der Waals surface area (Å²) in [5.74, 6) is 6.73. The first-order valence-corrected chi connectivity index (χ1v) is 4.49. The molecule has 2 N–H and O–H groups in total. The molecule has 0 aromatic heterocycles. The van der Waals surface area contributed by atoms with Crippen LogP contribution in [-0.4, -0.2) is 6.04 Å². The highest BCUT2D eigenvalue weighted by Gasteiger charge is 2.20. The molecule has 0 aromatic rings. The molecule has 1 fully saturated rings. The van der Waals surface area contributed by atoms with E-state index in [9.17, 15) is 0 Å². The molecule has 2 unspecified atom stereocenters. The van der Waals surface area contributed by atoms with Crippen molar-refractivity contribution < 1.29 is 0 Å². The third kappa shape index (κ3) is 2.55. The molecule has 62 valence electrons. The van der Waals surface area contributed by atoms with Gasteiger partial charge in [0.15, 0.2) is 0 Å². The molecule has 0 spiro atoms. The van der Waals surface area contributed by atoms with Gasteiger partial charge in [-0.05, 0) is 25.7 Å². The lowest BCUT2D eigenvalue weighted by Crippen LogP contribution is -2.32. The fraction of sp³-hybridized carbons (Fsp3) is 0.800. The summed E-state index contributed by atoms with van der Waals surface area (Å²) < 4.78 is 0. The van der Waals surface area contributed by atoms with Crippen LogP contribution in [0.15, 0.2) is 0 Å².